The molecule has 0 spiro atoms. The number of carbonyl (C=O) groups excluding carboxylic acids is 1. The molecule has 0 aromatic carbocycles. The summed E-state index contributed by atoms with van der Waals surface area (Å²) in [5.41, 5.74) is 0.128. The zero-order chi connectivity index (χ0) is 14.0. The van der Waals surface area contributed by atoms with Crippen LogP contribution in [0, 0.1) is 6.92 Å². The minimum absolute atomic E-state index is 0.0289. The van der Waals surface area contributed by atoms with Gasteiger partial charge in [-0.2, -0.15) is 0 Å². The number of nitrogens with one attached hydrogen (secondary N) is 2. The van der Waals surface area contributed by atoms with Gasteiger partial charge in [-0.15, -0.1) is 0 Å². The largest absolute Gasteiger partial charge is 0.480 e. The molecule has 0 bridgehead atoms. The van der Waals surface area contributed by atoms with Gasteiger partial charge in [0, 0.05) is 25.3 Å². The summed E-state index contributed by atoms with van der Waals surface area (Å²) in [5, 5.41) is 12.0. The van der Waals surface area contributed by atoms with E-state index in [1.54, 1.807) is 13.0 Å². The first-order valence-electron chi connectivity index (χ1n) is 5.95. The number of rotatable bonds is 2. The lowest BCUT2D eigenvalue weighted by molar-refractivity contribution is -0.142. The topological polar surface area (TPSA) is 102 Å². The Balaban J connectivity index is 2.31. The third-order valence-electron chi connectivity index (χ3n) is 3.08. The number of hydrogen-bond acceptors (Lipinski definition) is 4. The Morgan fingerprint density at radius 1 is 1.42 bits per heavy atom. The number of pyridine rings is 1. The predicted molar refractivity (Wildman–Crippen MR) is 67.1 cm³/mol. The van der Waals surface area contributed by atoms with Crippen LogP contribution in [0.3, 0.4) is 0 Å². The SMILES string of the molecule is Cc1ccc(C(=O)N2CCNCC2C(=O)O)c(=O)[nH]1. The molecule has 0 radical (unpaired) electrons. The summed E-state index contributed by atoms with van der Waals surface area (Å²) < 4.78 is 0. The molecular weight excluding hydrogens is 250 g/mol. The first-order chi connectivity index (χ1) is 9.00. The van der Waals surface area contributed by atoms with Crippen LogP contribution in [0.1, 0.15) is 16.1 Å². The van der Waals surface area contributed by atoms with Crippen LogP contribution >= 0.6 is 0 Å². The van der Waals surface area contributed by atoms with E-state index in [0.717, 1.165) is 0 Å². The average molecular weight is 265 g/mol. The fourth-order valence-corrected chi connectivity index (χ4v) is 2.06. The number of nitrogens with zero attached hydrogens (tertiary/aromatic N) is 1. The van der Waals surface area contributed by atoms with Gasteiger partial charge in [0.15, 0.2) is 0 Å². The van der Waals surface area contributed by atoms with Gasteiger partial charge in [-0.3, -0.25) is 9.59 Å². The molecule has 1 aromatic heterocycles. The van der Waals surface area contributed by atoms with Gasteiger partial charge >= 0.3 is 5.97 Å². The summed E-state index contributed by atoms with van der Waals surface area (Å²) in [7, 11) is 0. The molecule has 2 heterocycles. The molecule has 0 saturated carbocycles. The van der Waals surface area contributed by atoms with Crippen LogP contribution in [0.4, 0.5) is 0 Å². The molecule has 1 fully saturated rings. The van der Waals surface area contributed by atoms with Gasteiger partial charge < -0.3 is 20.3 Å². The lowest BCUT2D eigenvalue weighted by atomic mass is 10.1. The molecule has 1 atom stereocenters. The standard InChI is InChI=1S/C12H15N3O4/c1-7-2-3-8(10(16)14-7)11(17)15-5-4-13-6-9(15)12(18)19/h2-3,9,13H,4-6H2,1H3,(H,14,16)(H,18,19). The maximum atomic E-state index is 12.3. The van der Waals surface area contributed by atoms with Crippen LogP contribution in [0.25, 0.3) is 0 Å². The molecular formula is C12H15N3O4. The van der Waals surface area contributed by atoms with Crippen molar-refractivity contribution in [2.45, 2.75) is 13.0 Å². The Kier molecular flexibility index (Phi) is 3.66. The number of carboxylic acid groups (broad SMARTS) is 1. The molecule has 1 aromatic rings. The number of carboxylic acids is 1. The number of amides is 1. The van der Waals surface area contributed by atoms with Crippen LogP contribution in [-0.2, 0) is 4.79 Å². The van der Waals surface area contributed by atoms with Gasteiger partial charge in [-0.1, -0.05) is 0 Å². The highest BCUT2D eigenvalue weighted by Gasteiger charge is 2.33. The van der Waals surface area contributed by atoms with Gasteiger partial charge in [0.25, 0.3) is 11.5 Å². The summed E-state index contributed by atoms with van der Waals surface area (Å²) in [5.74, 6) is -1.63. The van der Waals surface area contributed by atoms with Gasteiger partial charge in [0.2, 0.25) is 0 Å². The number of carbonyl (C=O) groups is 2. The van der Waals surface area contributed by atoms with E-state index in [1.807, 2.05) is 0 Å². The number of aliphatic carboxylic acids is 1. The first kappa shape index (κ1) is 13.3. The number of piperazine rings is 1. The van der Waals surface area contributed by atoms with Crippen LogP contribution < -0.4 is 10.9 Å². The second-order valence-corrected chi connectivity index (χ2v) is 4.44. The number of aromatic nitrogens is 1. The maximum absolute atomic E-state index is 12.3. The van der Waals surface area contributed by atoms with E-state index in [9.17, 15) is 14.4 Å². The van der Waals surface area contributed by atoms with E-state index in [2.05, 4.69) is 10.3 Å². The summed E-state index contributed by atoms with van der Waals surface area (Å²) >= 11 is 0. The van der Waals surface area contributed by atoms with E-state index in [1.165, 1.54) is 11.0 Å². The van der Waals surface area contributed by atoms with Crippen molar-refractivity contribution >= 4 is 11.9 Å². The van der Waals surface area contributed by atoms with Gasteiger partial charge in [0.05, 0.1) is 0 Å². The highest BCUT2D eigenvalue weighted by atomic mass is 16.4. The summed E-state index contributed by atoms with van der Waals surface area (Å²) in [4.78, 5) is 38.9. The van der Waals surface area contributed by atoms with E-state index >= 15 is 0 Å². The fraction of sp³-hybridized carbons (Fsp3) is 0.417. The first-order valence-corrected chi connectivity index (χ1v) is 5.95. The fourth-order valence-electron chi connectivity index (χ4n) is 2.06. The zero-order valence-electron chi connectivity index (χ0n) is 10.5. The third kappa shape index (κ3) is 2.65. The number of hydrogen-bond donors (Lipinski definition) is 3. The zero-order valence-corrected chi connectivity index (χ0v) is 10.5. The number of H-pyrrole nitrogens is 1. The second-order valence-electron chi connectivity index (χ2n) is 4.44. The van der Waals surface area contributed by atoms with Gasteiger partial charge in [-0.05, 0) is 19.1 Å². The van der Waals surface area contributed by atoms with Crippen LogP contribution in [-0.4, -0.2) is 52.5 Å². The normalized spacial score (nSPS) is 19.2. The van der Waals surface area contributed by atoms with Crippen LogP contribution in [0.5, 0.6) is 0 Å². The minimum Gasteiger partial charge on any atom is -0.480 e. The molecule has 7 heteroatoms. The molecule has 1 aliphatic heterocycles. The van der Waals surface area contributed by atoms with E-state index in [4.69, 9.17) is 5.11 Å². The Labute approximate surface area is 109 Å². The number of aryl methyl sites for hydroxylation is 1. The second kappa shape index (κ2) is 5.23. The van der Waals surface area contributed by atoms with E-state index in [-0.39, 0.29) is 18.7 Å². The smallest absolute Gasteiger partial charge is 0.327 e. The third-order valence-corrected chi connectivity index (χ3v) is 3.08. The maximum Gasteiger partial charge on any atom is 0.327 e. The van der Waals surface area contributed by atoms with Crippen molar-refractivity contribution in [1.29, 1.82) is 0 Å². The Morgan fingerprint density at radius 2 is 2.16 bits per heavy atom. The molecule has 1 unspecified atom stereocenters. The lowest BCUT2D eigenvalue weighted by Gasteiger charge is -2.33. The van der Waals surface area contributed by atoms with Gasteiger partial charge in [0.1, 0.15) is 11.6 Å². The number of aromatic amines is 1. The summed E-state index contributed by atoms with van der Waals surface area (Å²) in [6.45, 7) is 2.67. The van der Waals surface area contributed by atoms with E-state index in [0.29, 0.717) is 12.2 Å². The Bertz CT molecular complexity index is 566. The average Bonchev–Trinajstić information content (AvgIpc) is 2.38. The molecule has 2 rings (SSSR count). The van der Waals surface area contributed by atoms with Gasteiger partial charge in [-0.25, -0.2) is 4.79 Å². The van der Waals surface area contributed by atoms with Crippen molar-refractivity contribution in [2.24, 2.45) is 0 Å². The highest BCUT2D eigenvalue weighted by Crippen LogP contribution is 2.08. The summed E-state index contributed by atoms with van der Waals surface area (Å²) in [6, 6.07) is 2.10. The highest BCUT2D eigenvalue weighted by molar-refractivity contribution is 5.96. The molecule has 102 valence electrons. The molecule has 1 saturated heterocycles. The molecule has 3 N–H and O–H groups in total. The molecule has 7 nitrogen and oxygen atoms in total. The Morgan fingerprint density at radius 3 is 2.79 bits per heavy atom. The van der Waals surface area contributed by atoms with Crippen molar-refractivity contribution in [1.82, 2.24) is 15.2 Å². The monoisotopic (exact) mass is 265 g/mol. The van der Waals surface area contributed by atoms with E-state index < -0.39 is 23.5 Å². The quantitative estimate of drug-likeness (QED) is 0.648. The predicted octanol–water partition coefficient (Wildman–Crippen LogP) is -0.818. The van der Waals surface area contributed by atoms with Crippen molar-refractivity contribution in [3.63, 3.8) is 0 Å². The molecule has 19 heavy (non-hydrogen) atoms. The molecule has 0 aliphatic carbocycles. The molecule has 1 aliphatic rings. The van der Waals surface area contributed by atoms with Crippen molar-refractivity contribution in [2.75, 3.05) is 19.6 Å². The van der Waals surface area contributed by atoms with Crippen LogP contribution in [0.2, 0.25) is 0 Å². The summed E-state index contributed by atoms with van der Waals surface area (Å²) in [6.07, 6.45) is 0. The molecule has 1 amide bonds. The van der Waals surface area contributed by atoms with Crippen molar-refractivity contribution in [3.8, 4) is 0 Å². The van der Waals surface area contributed by atoms with Crippen LogP contribution in [0.15, 0.2) is 16.9 Å². The lowest BCUT2D eigenvalue weighted by Crippen LogP contribution is -2.57. The minimum atomic E-state index is -1.08. The Hall–Kier alpha value is -2.15. The van der Waals surface area contributed by atoms with Crippen molar-refractivity contribution in [3.05, 3.63) is 33.7 Å². The van der Waals surface area contributed by atoms with Crippen molar-refractivity contribution < 1.29 is 14.7 Å².